The van der Waals surface area contributed by atoms with Gasteiger partial charge in [-0.25, -0.2) is 0 Å². The summed E-state index contributed by atoms with van der Waals surface area (Å²) >= 11 is 0. The molecular formula is C12H22N6. The summed E-state index contributed by atoms with van der Waals surface area (Å²) in [5.41, 5.74) is 5.91. The first-order valence-electron chi connectivity index (χ1n) is 6.44. The van der Waals surface area contributed by atoms with Crippen LogP contribution in [0.25, 0.3) is 0 Å². The predicted molar refractivity (Wildman–Crippen MR) is 73.6 cm³/mol. The Labute approximate surface area is 108 Å². The molecular weight excluding hydrogens is 228 g/mol. The Balaban J connectivity index is 2.10. The van der Waals surface area contributed by atoms with Gasteiger partial charge in [0, 0.05) is 19.6 Å². The molecule has 0 bridgehead atoms. The lowest BCUT2D eigenvalue weighted by molar-refractivity contribution is 0.441. The second kappa shape index (κ2) is 4.96. The third-order valence-electron chi connectivity index (χ3n) is 2.81. The van der Waals surface area contributed by atoms with E-state index < -0.39 is 0 Å². The maximum atomic E-state index is 5.74. The van der Waals surface area contributed by atoms with Gasteiger partial charge in [0.05, 0.1) is 0 Å². The summed E-state index contributed by atoms with van der Waals surface area (Å²) in [5, 5.41) is 3.22. The van der Waals surface area contributed by atoms with E-state index in [2.05, 4.69) is 45.9 Å². The van der Waals surface area contributed by atoms with Gasteiger partial charge in [-0.2, -0.15) is 15.0 Å². The van der Waals surface area contributed by atoms with Gasteiger partial charge in [-0.05, 0) is 18.3 Å². The van der Waals surface area contributed by atoms with Crippen LogP contribution in [-0.2, 0) is 0 Å². The second-order valence-corrected chi connectivity index (χ2v) is 5.93. The Hall–Kier alpha value is -1.59. The normalized spacial score (nSPS) is 16.1. The Morgan fingerprint density at radius 2 is 1.83 bits per heavy atom. The number of nitrogens with one attached hydrogen (secondary N) is 1. The zero-order valence-electron chi connectivity index (χ0n) is 11.4. The molecule has 1 saturated heterocycles. The SMILES string of the molecule is CC(C)(C)CNc1nc(N)nc(N2CCCC2)n1. The van der Waals surface area contributed by atoms with Crippen LogP contribution in [0.4, 0.5) is 17.8 Å². The van der Waals surface area contributed by atoms with Gasteiger partial charge in [-0.15, -0.1) is 0 Å². The summed E-state index contributed by atoms with van der Waals surface area (Å²) in [6, 6.07) is 0. The fourth-order valence-corrected chi connectivity index (χ4v) is 1.86. The van der Waals surface area contributed by atoms with Crippen molar-refractivity contribution in [2.24, 2.45) is 5.41 Å². The molecule has 18 heavy (non-hydrogen) atoms. The number of rotatable bonds is 3. The van der Waals surface area contributed by atoms with E-state index in [0.717, 1.165) is 19.6 Å². The van der Waals surface area contributed by atoms with Crippen molar-refractivity contribution in [2.45, 2.75) is 33.6 Å². The molecule has 0 saturated carbocycles. The molecule has 2 heterocycles. The van der Waals surface area contributed by atoms with Gasteiger partial charge in [0.1, 0.15) is 0 Å². The lowest BCUT2D eigenvalue weighted by atomic mass is 9.97. The van der Waals surface area contributed by atoms with E-state index in [1.807, 2.05) is 0 Å². The molecule has 0 radical (unpaired) electrons. The van der Waals surface area contributed by atoms with E-state index in [1.54, 1.807) is 0 Å². The molecule has 100 valence electrons. The summed E-state index contributed by atoms with van der Waals surface area (Å²) in [4.78, 5) is 14.9. The van der Waals surface area contributed by atoms with Crippen LogP contribution in [0.3, 0.4) is 0 Å². The molecule has 0 aromatic carbocycles. The average molecular weight is 250 g/mol. The number of anilines is 3. The van der Waals surface area contributed by atoms with Crippen molar-refractivity contribution in [1.82, 2.24) is 15.0 Å². The smallest absolute Gasteiger partial charge is 0.231 e. The summed E-state index contributed by atoms with van der Waals surface area (Å²) in [5.74, 6) is 1.54. The molecule has 0 aliphatic carbocycles. The van der Waals surface area contributed by atoms with Gasteiger partial charge >= 0.3 is 0 Å². The van der Waals surface area contributed by atoms with Crippen LogP contribution < -0.4 is 16.0 Å². The Kier molecular flexibility index (Phi) is 3.54. The van der Waals surface area contributed by atoms with Crippen molar-refractivity contribution in [1.29, 1.82) is 0 Å². The second-order valence-electron chi connectivity index (χ2n) is 5.93. The third kappa shape index (κ3) is 3.45. The highest BCUT2D eigenvalue weighted by Crippen LogP contribution is 2.19. The lowest BCUT2D eigenvalue weighted by Gasteiger charge is -2.20. The monoisotopic (exact) mass is 250 g/mol. The highest BCUT2D eigenvalue weighted by atomic mass is 15.3. The van der Waals surface area contributed by atoms with Gasteiger partial charge in [0.15, 0.2) is 0 Å². The van der Waals surface area contributed by atoms with Crippen LogP contribution in [0.2, 0.25) is 0 Å². The topological polar surface area (TPSA) is 80.0 Å². The first kappa shape index (κ1) is 12.9. The van der Waals surface area contributed by atoms with Gasteiger partial charge < -0.3 is 16.0 Å². The Bertz CT molecular complexity index is 406. The number of hydrogen-bond donors (Lipinski definition) is 2. The summed E-state index contributed by atoms with van der Waals surface area (Å²) < 4.78 is 0. The van der Waals surface area contributed by atoms with E-state index in [4.69, 9.17) is 5.73 Å². The fraction of sp³-hybridized carbons (Fsp3) is 0.750. The van der Waals surface area contributed by atoms with Crippen molar-refractivity contribution in [3.05, 3.63) is 0 Å². The first-order chi connectivity index (χ1) is 8.44. The van der Waals surface area contributed by atoms with Crippen molar-refractivity contribution in [2.75, 3.05) is 35.6 Å². The van der Waals surface area contributed by atoms with Crippen molar-refractivity contribution in [3.8, 4) is 0 Å². The molecule has 2 rings (SSSR count). The molecule has 0 amide bonds. The third-order valence-corrected chi connectivity index (χ3v) is 2.81. The van der Waals surface area contributed by atoms with Crippen LogP contribution in [0.1, 0.15) is 33.6 Å². The van der Waals surface area contributed by atoms with Crippen LogP contribution in [0.15, 0.2) is 0 Å². The first-order valence-corrected chi connectivity index (χ1v) is 6.44. The number of hydrogen-bond acceptors (Lipinski definition) is 6. The van der Waals surface area contributed by atoms with Crippen molar-refractivity contribution in [3.63, 3.8) is 0 Å². The van der Waals surface area contributed by atoms with Gasteiger partial charge in [0.2, 0.25) is 17.8 Å². The zero-order valence-corrected chi connectivity index (χ0v) is 11.4. The van der Waals surface area contributed by atoms with E-state index in [9.17, 15) is 0 Å². The molecule has 0 atom stereocenters. The standard InChI is InChI=1S/C12H22N6/c1-12(2,3)8-14-10-15-9(13)16-11(17-10)18-6-4-5-7-18/h4-8H2,1-3H3,(H3,13,14,15,16,17). The van der Waals surface area contributed by atoms with Gasteiger partial charge in [-0.1, -0.05) is 20.8 Å². The maximum absolute atomic E-state index is 5.74. The molecule has 3 N–H and O–H groups in total. The van der Waals surface area contributed by atoms with E-state index in [-0.39, 0.29) is 11.4 Å². The van der Waals surface area contributed by atoms with Crippen LogP contribution in [0, 0.1) is 5.41 Å². The molecule has 0 spiro atoms. The fourth-order valence-electron chi connectivity index (χ4n) is 1.86. The molecule has 1 aliphatic heterocycles. The molecule has 1 fully saturated rings. The van der Waals surface area contributed by atoms with Crippen molar-refractivity contribution >= 4 is 17.8 Å². The number of nitrogens with two attached hydrogens (primary N) is 1. The van der Waals surface area contributed by atoms with E-state index in [0.29, 0.717) is 11.9 Å². The Morgan fingerprint density at radius 3 is 2.44 bits per heavy atom. The number of nitrogen functional groups attached to an aromatic ring is 1. The minimum Gasteiger partial charge on any atom is -0.368 e. The molecule has 1 aromatic heterocycles. The molecule has 6 nitrogen and oxygen atoms in total. The minimum atomic E-state index is 0.176. The molecule has 6 heteroatoms. The molecule has 1 aromatic rings. The summed E-state index contributed by atoms with van der Waals surface area (Å²) in [7, 11) is 0. The number of aromatic nitrogens is 3. The largest absolute Gasteiger partial charge is 0.368 e. The highest BCUT2D eigenvalue weighted by molar-refractivity contribution is 5.42. The quantitative estimate of drug-likeness (QED) is 0.846. The van der Waals surface area contributed by atoms with Crippen LogP contribution in [-0.4, -0.2) is 34.6 Å². The van der Waals surface area contributed by atoms with Crippen LogP contribution in [0.5, 0.6) is 0 Å². The van der Waals surface area contributed by atoms with E-state index >= 15 is 0 Å². The molecule has 1 aliphatic rings. The van der Waals surface area contributed by atoms with Crippen molar-refractivity contribution < 1.29 is 0 Å². The Morgan fingerprint density at radius 1 is 1.17 bits per heavy atom. The maximum Gasteiger partial charge on any atom is 0.231 e. The average Bonchev–Trinajstić information content (AvgIpc) is 2.78. The number of nitrogens with zero attached hydrogens (tertiary/aromatic N) is 4. The summed E-state index contributed by atoms with van der Waals surface area (Å²) in [6.07, 6.45) is 2.38. The minimum absolute atomic E-state index is 0.176. The van der Waals surface area contributed by atoms with Gasteiger partial charge in [-0.3, -0.25) is 0 Å². The van der Waals surface area contributed by atoms with Gasteiger partial charge in [0.25, 0.3) is 0 Å². The predicted octanol–water partition coefficient (Wildman–Crippen LogP) is 1.51. The lowest BCUT2D eigenvalue weighted by Crippen LogP contribution is -2.24. The van der Waals surface area contributed by atoms with Crippen LogP contribution >= 0.6 is 0 Å². The highest BCUT2D eigenvalue weighted by Gasteiger charge is 2.17. The summed E-state index contributed by atoms with van der Waals surface area (Å²) in [6.45, 7) is 9.28. The molecule has 0 unspecified atom stereocenters. The zero-order chi connectivity index (χ0) is 13.2. The van der Waals surface area contributed by atoms with E-state index in [1.165, 1.54) is 12.8 Å².